The Morgan fingerprint density at radius 1 is 0.786 bits per heavy atom. The van der Waals surface area contributed by atoms with Gasteiger partial charge in [0.05, 0.1) is 50.1 Å². The van der Waals surface area contributed by atoms with E-state index in [9.17, 15) is 19.2 Å². The van der Waals surface area contributed by atoms with Crippen LogP contribution in [0.25, 0.3) is 22.5 Å². The minimum absolute atomic E-state index is 0.108. The van der Waals surface area contributed by atoms with Crippen molar-refractivity contribution in [2.24, 2.45) is 5.92 Å². The summed E-state index contributed by atoms with van der Waals surface area (Å²) in [5, 5.41) is 5.30. The molecule has 14 nitrogen and oxygen atoms in total. The second-order valence-corrected chi connectivity index (χ2v) is 14.2. The van der Waals surface area contributed by atoms with Crippen molar-refractivity contribution < 1.29 is 28.7 Å². The van der Waals surface area contributed by atoms with E-state index in [4.69, 9.17) is 9.47 Å². The van der Waals surface area contributed by atoms with Gasteiger partial charge in [-0.05, 0) is 73.4 Å². The van der Waals surface area contributed by atoms with Gasteiger partial charge in [-0.25, -0.2) is 19.6 Å². The number of benzene rings is 2. The third-order valence-corrected chi connectivity index (χ3v) is 10.2. The molecule has 2 aromatic carbocycles. The van der Waals surface area contributed by atoms with Gasteiger partial charge in [0.25, 0.3) is 0 Å². The van der Waals surface area contributed by atoms with E-state index in [1.165, 1.54) is 14.2 Å². The standard InChI is InChI=1S/C42H48N8O6/c1-6-9-31(47-41(53)55-4)39(51)49-22-7-10-34(49)37-43-24-32(45-37)29-18-14-27(15-19-29)12-13-28-16-20-30(21-17-28)33-25-44-38(46-33)35-11-8-23-50(35)40(52)36(26(2)3)48-42(54)56-5/h6,14-21,24-26,31,34-36H,1,7-11,22-23H2,2-5H3,(H,43,45)(H,44,46)(H,47,53)(H,48,54). The van der Waals surface area contributed by atoms with Gasteiger partial charge in [0.15, 0.2) is 0 Å². The fourth-order valence-corrected chi connectivity index (χ4v) is 7.21. The molecule has 4 aromatic rings. The first-order valence-corrected chi connectivity index (χ1v) is 18.8. The van der Waals surface area contributed by atoms with Crippen LogP contribution in [-0.4, -0.2) is 93.1 Å². The van der Waals surface area contributed by atoms with E-state index >= 15 is 0 Å². The van der Waals surface area contributed by atoms with Crippen molar-refractivity contribution in [2.45, 2.75) is 70.1 Å². The Morgan fingerprint density at radius 2 is 1.25 bits per heavy atom. The molecule has 2 fully saturated rings. The Hall–Kier alpha value is -6.36. The van der Waals surface area contributed by atoms with Crippen LogP contribution in [0, 0.1) is 17.8 Å². The number of likely N-dealkylation sites (tertiary alicyclic amines) is 2. The molecule has 4 atom stereocenters. The SMILES string of the molecule is C=CCC(NC(=O)OC)C(=O)N1CCCC1c1ncc(-c2ccc(C#Cc3ccc(-c4cnc(C5CCCN5C(=O)C(NC(=O)OC)C(C)C)[nH]4)cc3)cc2)[nH]1. The molecule has 0 saturated carbocycles. The normalized spacial score (nSPS) is 17.4. The van der Waals surface area contributed by atoms with Crippen LogP contribution in [0.15, 0.2) is 73.6 Å². The zero-order valence-corrected chi connectivity index (χ0v) is 32.1. The van der Waals surface area contributed by atoms with Crippen molar-refractivity contribution in [1.82, 2.24) is 40.4 Å². The molecule has 6 rings (SSSR count). The Bertz CT molecular complexity index is 2090. The van der Waals surface area contributed by atoms with Crippen LogP contribution >= 0.6 is 0 Å². The maximum absolute atomic E-state index is 13.5. The number of rotatable bonds is 11. The molecule has 2 aliphatic heterocycles. The third-order valence-electron chi connectivity index (χ3n) is 10.2. The molecule has 4 unspecified atom stereocenters. The van der Waals surface area contributed by atoms with Crippen LogP contribution in [0.1, 0.15) is 80.8 Å². The van der Waals surface area contributed by atoms with Gasteiger partial charge in [-0.15, -0.1) is 6.58 Å². The van der Waals surface area contributed by atoms with Crippen LogP contribution in [0.5, 0.6) is 0 Å². The van der Waals surface area contributed by atoms with Gasteiger partial charge >= 0.3 is 12.2 Å². The summed E-state index contributed by atoms with van der Waals surface area (Å²) in [6, 6.07) is 13.9. The number of methoxy groups -OCH3 is 2. The monoisotopic (exact) mass is 760 g/mol. The van der Waals surface area contributed by atoms with Gasteiger partial charge in [-0.2, -0.15) is 0 Å². The summed E-state index contributed by atoms with van der Waals surface area (Å²) < 4.78 is 9.45. The van der Waals surface area contributed by atoms with E-state index < -0.39 is 24.3 Å². The van der Waals surface area contributed by atoms with Crippen molar-refractivity contribution in [3.8, 4) is 34.4 Å². The van der Waals surface area contributed by atoms with Crippen molar-refractivity contribution in [1.29, 1.82) is 0 Å². The summed E-state index contributed by atoms with van der Waals surface area (Å²) in [6.45, 7) is 8.67. The van der Waals surface area contributed by atoms with E-state index in [1.54, 1.807) is 28.3 Å². The van der Waals surface area contributed by atoms with Crippen molar-refractivity contribution in [2.75, 3.05) is 27.3 Å². The lowest BCUT2D eigenvalue weighted by Gasteiger charge is -2.30. The lowest BCUT2D eigenvalue weighted by atomic mass is 10.0. The molecular weight excluding hydrogens is 713 g/mol. The minimum atomic E-state index is -0.761. The molecule has 4 N–H and O–H groups in total. The van der Waals surface area contributed by atoms with E-state index in [1.807, 2.05) is 62.4 Å². The van der Waals surface area contributed by atoms with Gasteiger partial charge in [0.2, 0.25) is 11.8 Å². The number of H-pyrrole nitrogens is 2. The highest BCUT2D eigenvalue weighted by Gasteiger charge is 2.38. The van der Waals surface area contributed by atoms with Crippen LogP contribution in [0.2, 0.25) is 0 Å². The smallest absolute Gasteiger partial charge is 0.407 e. The van der Waals surface area contributed by atoms with Gasteiger partial charge in [0.1, 0.15) is 23.7 Å². The van der Waals surface area contributed by atoms with Crippen LogP contribution in [0.3, 0.4) is 0 Å². The Labute approximate surface area is 326 Å². The molecule has 2 aromatic heterocycles. The molecule has 2 saturated heterocycles. The van der Waals surface area contributed by atoms with Gasteiger partial charge in [-0.1, -0.05) is 56.0 Å². The van der Waals surface area contributed by atoms with Crippen molar-refractivity contribution in [3.05, 3.63) is 96.4 Å². The van der Waals surface area contributed by atoms with Gasteiger partial charge < -0.3 is 39.9 Å². The first kappa shape index (κ1) is 39.3. The molecule has 4 heterocycles. The summed E-state index contributed by atoms with van der Waals surface area (Å²) in [7, 11) is 2.55. The number of aromatic amines is 2. The highest BCUT2D eigenvalue weighted by Crippen LogP contribution is 2.34. The molecule has 56 heavy (non-hydrogen) atoms. The Morgan fingerprint density at radius 3 is 1.70 bits per heavy atom. The van der Waals surface area contributed by atoms with E-state index in [0.29, 0.717) is 31.2 Å². The second kappa shape index (κ2) is 17.9. The summed E-state index contributed by atoms with van der Waals surface area (Å²) in [5.41, 5.74) is 5.26. The number of alkyl carbamates (subject to hydrolysis) is 2. The molecule has 2 aliphatic rings. The Balaban J connectivity index is 1.07. The zero-order chi connectivity index (χ0) is 39.8. The first-order valence-electron chi connectivity index (χ1n) is 18.8. The third kappa shape index (κ3) is 8.94. The molecule has 0 aliphatic carbocycles. The largest absolute Gasteiger partial charge is 0.453 e. The van der Waals surface area contributed by atoms with Gasteiger partial charge in [-0.3, -0.25) is 9.59 Å². The highest BCUT2D eigenvalue weighted by molar-refractivity contribution is 5.87. The summed E-state index contributed by atoms with van der Waals surface area (Å²) in [6.07, 6.45) is 7.36. The maximum atomic E-state index is 13.5. The van der Waals surface area contributed by atoms with Crippen molar-refractivity contribution in [3.63, 3.8) is 0 Å². The van der Waals surface area contributed by atoms with E-state index in [-0.39, 0.29) is 29.8 Å². The van der Waals surface area contributed by atoms with E-state index in [0.717, 1.165) is 59.3 Å². The maximum Gasteiger partial charge on any atom is 0.407 e. The number of aromatic nitrogens is 4. The molecule has 14 heteroatoms. The molecule has 0 bridgehead atoms. The second-order valence-electron chi connectivity index (χ2n) is 14.2. The molecule has 0 spiro atoms. The number of ether oxygens (including phenoxy) is 2. The fourth-order valence-electron chi connectivity index (χ4n) is 7.21. The number of amides is 4. The number of hydrogen-bond acceptors (Lipinski definition) is 8. The predicted octanol–water partition coefficient (Wildman–Crippen LogP) is 5.87. The topological polar surface area (TPSA) is 175 Å². The molecular formula is C42H48N8O6. The molecule has 292 valence electrons. The lowest BCUT2D eigenvalue weighted by Crippen LogP contribution is -2.51. The number of nitrogens with zero attached hydrogens (tertiary/aromatic N) is 4. The van der Waals surface area contributed by atoms with Gasteiger partial charge in [0, 0.05) is 24.2 Å². The van der Waals surface area contributed by atoms with Crippen LogP contribution in [-0.2, 0) is 19.1 Å². The average molecular weight is 761 g/mol. The van der Waals surface area contributed by atoms with Crippen molar-refractivity contribution >= 4 is 24.0 Å². The summed E-state index contributed by atoms with van der Waals surface area (Å²) >= 11 is 0. The highest BCUT2D eigenvalue weighted by atomic mass is 16.5. The quantitative estimate of drug-likeness (QED) is 0.108. The zero-order valence-electron chi connectivity index (χ0n) is 32.1. The van der Waals surface area contributed by atoms with Crippen LogP contribution in [0.4, 0.5) is 9.59 Å². The van der Waals surface area contributed by atoms with E-state index in [2.05, 4.69) is 49.0 Å². The average Bonchev–Trinajstić information content (AvgIpc) is 4.05. The van der Waals surface area contributed by atoms with Crippen LogP contribution < -0.4 is 10.6 Å². The first-order chi connectivity index (χ1) is 27.1. The molecule has 4 amide bonds. The predicted molar refractivity (Wildman–Crippen MR) is 210 cm³/mol. The fraction of sp³-hybridized carbons (Fsp3) is 0.381. The number of hydrogen-bond donors (Lipinski definition) is 4. The lowest BCUT2D eigenvalue weighted by molar-refractivity contribution is -0.135. The summed E-state index contributed by atoms with van der Waals surface area (Å²) in [5.74, 6) is 7.43. The number of imidazole rings is 2. The number of carbonyl (C=O) groups is 4. The number of nitrogens with one attached hydrogen (secondary N) is 4. The number of carbonyl (C=O) groups excluding carboxylic acids is 4. The Kier molecular flexibility index (Phi) is 12.5. The summed E-state index contributed by atoms with van der Waals surface area (Å²) in [4.78, 5) is 70.3. The molecule has 0 radical (unpaired) electrons. The minimum Gasteiger partial charge on any atom is -0.453 e.